The van der Waals surface area contributed by atoms with Gasteiger partial charge in [-0.25, -0.2) is 0 Å². The van der Waals surface area contributed by atoms with E-state index in [1.165, 1.54) is 17.5 Å². The molecule has 0 unspecified atom stereocenters. The first-order valence-electron chi connectivity index (χ1n) is 9.60. The molecule has 5 nitrogen and oxygen atoms in total. The summed E-state index contributed by atoms with van der Waals surface area (Å²) in [6.07, 6.45) is 4.62. The molecule has 0 aromatic heterocycles. The zero-order chi connectivity index (χ0) is 18.6. The highest BCUT2D eigenvalue weighted by molar-refractivity contribution is 6.05. The monoisotopic (exact) mass is 363 g/mol. The van der Waals surface area contributed by atoms with Crippen molar-refractivity contribution in [2.45, 2.75) is 32.1 Å². The van der Waals surface area contributed by atoms with Gasteiger partial charge in [-0.1, -0.05) is 24.3 Å². The van der Waals surface area contributed by atoms with Gasteiger partial charge in [-0.3, -0.25) is 14.7 Å². The van der Waals surface area contributed by atoms with Gasteiger partial charge < -0.3 is 10.1 Å². The SMILES string of the molecule is COc1ccc(CCC(=O)N2CCN=C2Nc2cccc3c2CCC3)cc1. The minimum absolute atomic E-state index is 0.113. The molecule has 1 heterocycles. The van der Waals surface area contributed by atoms with E-state index < -0.39 is 0 Å². The van der Waals surface area contributed by atoms with E-state index in [9.17, 15) is 4.79 Å². The number of hydrogen-bond donors (Lipinski definition) is 1. The number of carbonyl (C=O) groups is 1. The van der Waals surface area contributed by atoms with Gasteiger partial charge in [0.15, 0.2) is 0 Å². The van der Waals surface area contributed by atoms with Crippen molar-refractivity contribution in [2.24, 2.45) is 4.99 Å². The molecule has 0 spiro atoms. The molecule has 0 saturated heterocycles. The molecule has 1 aliphatic carbocycles. The molecule has 0 atom stereocenters. The smallest absolute Gasteiger partial charge is 0.229 e. The third-order valence-corrected chi connectivity index (χ3v) is 5.32. The van der Waals surface area contributed by atoms with E-state index in [4.69, 9.17) is 4.74 Å². The van der Waals surface area contributed by atoms with Gasteiger partial charge in [0.2, 0.25) is 11.9 Å². The van der Waals surface area contributed by atoms with E-state index in [-0.39, 0.29) is 5.91 Å². The van der Waals surface area contributed by atoms with Crippen molar-refractivity contribution < 1.29 is 9.53 Å². The zero-order valence-electron chi connectivity index (χ0n) is 15.7. The number of amides is 1. The van der Waals surface area contributed by atoms with Crippen molar-refractivity contribution in [1.82, 2.24) is 4.90 Å². The van der Waals surface area contributed by atoms with E-state index in [0.717, 1.165) is 29.8 Å². The Morgan fingerprint density at radius 1 is 1.19 bits per heavy atom. The van der Waals surface area contributed by atoms with Crippen LogP contribution in [-0.2, 0) is 24.1 Å². The third kappa shape index (κ3) is 3.82. The van der Waals surface area contributed by atoms with Gasteiger partial charge in [0, 0.05) is 18.7 Å². The number of anilines is 1. The molecule has 0 radical (unpaired) electrons. The molecule has 2 aromatic rings. The summed E-state index contributed by atoms with van der Waals surface area (Å²) in [7, 11) is 1.65. The Hall–Kier alpha value is -2.82. The molecule has 140 valence electrons. The maximum Gasteiger partial charge on any atom is 0.229 e. The molecule has 4 rings (SSSR count). The topological polar surface area (TPSA) is 53.9 Å². The lowest BCUT2D eigenvalue weighted by molar-refractivity contribution is -0.126. The number of hydrogen-bond acceptors (Lipinski definition) is 4. The number of rotatable bonds is 5. The molecule has 1 amide bonds. The maximum atomic E-state index is 12.8. The first kappa shape index (κ1) is 17.6. The van der Waals surface area contributed by atoms with E-state index >= 15 is 0 Å². The van der Waals surface area contributed by atoms with Crippen LogP contribution in [0, 0.1) is 0 Å². The average molecular weight is 363 g/mol. The van der Waals surface area contributed by atoms with Crippen LogP contribution in [0.15, 0.2) is 47.5 Å². The Balaban J connectivity index is 1.39. The van der Waals surface area contributed by atoms with E-state index in [1.807, 2.05) is 24.3 Å². The number of fused-ring (bicyclic) bond motifs is 1. The lowest BCUT2D eigenvalue weighted by Gasteiger charge is -2.20. The summed E-state index contributed by atoms with van der Waals surface area (Å²) in [6.45, 7) is 1.31. The Morgan fingerprint density at radius 2 is 2.04 bits per heavy atom. The molecular formula is C22H25N3O2. The van der Waals surface area contributed by atoms with Gasteiger partial charge in [-0.05, 0) is 60.6 Å². The molecule has 2 aromatic carbocycles. The van der Waals surface area contributed by atoms with Gasteiger partial charge in [-0.15, -0.1) is 0 Å². The van der Waals surface area contributed by atoms with Crippen LogP contribution in [0.4, 0.5) is 5.69 Å². The highest BCUT2D eigenvalue weighted by Crippen LogP contribution is 2.29. The number of carbonyl (C=O) groups excluding carboxylic acids is 1. The summed E-state index contributed by atoms with van der Waals surface area (Å²) >= 11 is 0. The number of nitrogens with one attached hydrogen (secondary N) is 1. The van der Waals surface area contributed by atoms with Crippen molar-refractivity contribution in [3.05, 3.63) is 59.2 Å². The normalized spacial score (nSPS) is 15.4. The van der Waals surface area contributed by atoms with Crippen molar-refractivity contribution in [1.29, 1.82) is 0 Å². The van der Waals surface area contributed by atoms with Crippen molar-refractivity contribution in [2.75, 3.05) is 25.5 Å². The lowest BCUT2D eigenvalue weighted by atomic mass is 10.1. The van der Waals surface area contributed by atoms with E-state index in [0.29, 0.717) is 31.9 Å². The van der Waals surface area contributed by atoms with Crippen LogP contribution in [0.5, 0.6) is 5.75 Å². The number of aliphatic imine (C=N–C) groups is 1. The van der Waals surface area contributed by atoms with E-state index in [2.05, 4.69) is 28.5 Å². The van der Waals surface area contributed by atoms with Crippen LogP contribution in [0.1, 0.15) is 29.5 Å². The van der Waals surface area contributed by atoms with Gasteiger partial charge in [0.25, 0.3) is 0 Å². The predicted molar refractivity (Wildman–Crippen MR) is 107 cm³/mol. The molecule has 0 fully saturated rings. The van der Waals surface area contributed by atoms with Crippen LogP contribution >= 0.6 is 0 Å². The van der Waals surface area contributed by atoms with Crippen molar-refractivity contribution >= 4 is 17.6 Å². The molecule has 1 aliphatic heterocycles. The number of aryl methyl sites for hydroxylation is 2. The summed E-state index contributed by atoms with van der Waals surface area (Å²) < 4.78 is 5.18. The number of methoxy groups -OCH3 is 1. The number of ether oxygens (including phenoxy) is 1. The third-order valence-electron chi connectivity index (χ3n) is 5.32. The Labute approximate surface area is 160 Å². The number of guanidine groups is 1. The fourth-order valence-electron chi connectivity index (χ4n) is 3.83. The Morgan fingerprint density at radius 3 is 2.85 bits per heavy atom. The highest BCUT2D eigenvalue weighted by Gasteiger charge is 2.25. The molecule has 2 aliphatic rings. The lowest BCUT2D eigenvalue weighted by Crippen LogP contribution is -2.38. The van der Waals surface area contributed by atoms with Crippen LogP contribution in [0.2, 0.25) is 0 Å². The highest BCUT2D eigenvalue weighted by atomic mass is 16.5. The van der Waals surface area contributed by atoms with Crippen LogP contribution in [0.25, 0.3) is 0 Å². The van der Waals surface area contributed by atoms with Gasteiger partial charge in [0.1, 0.15) is 5.75 Å². The summed E-state index contributed by atoms with van der Waals surface area (Å²) in [5.74, 6) is 1.64. The minimum Gasteiger partial charge on any atom is -0.497 e. The molecule has 1 N–H and O–H groups in total. The fourth-order valence-corrected chi connectivity index (χ4v) is 3.83. The molecular weight excluding hydrogens is 338 g/mol. The predicted octanol–water partition coefficient (Wildman–Crippen LogP) is 3.43. The van der Waals surface area contributed by atoms with Gasteiger partial charge in [0.05, 0.1) is 13.7 Å². The fraction of sp³-hybridized carbons (Fsp3) is 0.364. The largest absolute Gasteiger partial charge is 0.497 e. The number of nitrogens with zero attached hydrogens (tertiary/aromatic N) is 2. The molecule has 0 saturated carbocycles. The molecule has 0 bridgehead atoms. The average Bonchev–Trinajstić information content (AvgIpc) is 3.36. The van der Waals surface area contributed by atoms with Crippen LogP contribution < -0.4 is 10.1 Å². The minimum atomic E-state index is 0.113. The zero-order valence-corrected chi connectivity index (χ0v) is 15.7. The second kappa shape index (κ2) is 7.82. The Bertz CT molecular complexity index is 858. The second-order valence-electron chi connectivity index (χ2n) is 7.02. The molecule has 27 heavy (non-hydrogen) atoms. The summed E-state index contributed by atoms with van der Waals surface area (Å²) in [4.78, 5) is 19.1. The van der Waals surface area contributed by atoms with Crippen LogP contribution in [-0.4, -0.2) is 37.0 Å². The summed E-state index contributed by atoms with van der Waals surface area (Å²) in [5, 5.41) is 3.42. The first-order valence-corrected chi connectivity index (χ1v) is 9.60. The first-order chi connectivity index (χ1) is 13.2. The Kier molecular flexibility index (Phi) is 5.10. The maximum absolute atomic E-state index is 12.8. The number of benzene rings is 2. The van der Waals surface area contributed by atoms with Crippen molar-refractivity contribution in [3.8, 4) is 5.75 Å². The second-order valence-corrected chi connectivity index (χ2v) is 7.02. The summed E-state index contributed by atoms with van der Waals surface area (Å²) in [5.41, 5.74) is 5.02. The molecule has 5 heteroatoms. The van der Waals surface area contributed by atoms with Crippen molar-refractivity contribution in [3.63, 3.8) is 0 Å². The van der Waals surface area contributed by atoms with E-state index in [1.54, 1.807) is 12.0 Å². The standard InChI is InChI=1S/C22H25N3O2/c1-27-18-11-8-16(9-12-18)10-13-21(26)25-15-14-23-22(25)24-20-7-3-5-17-4-2-6-19(17)20/h3,5,7-9,11-12H,2,4,6,10,13-15H2,1H3,(H,23,24). The summed E-state index contributed by atoms with van der Waals surface area (Å²) in [6, 6.07) is 14.2. The quantitative estimate of drug-likeness (QED) is 0.885. The van der Waals surface area contributed by atoms with Crippen LogP contribution in [0.3, 0.4) is 0 Å². The van der Waals surface area contributed by atoms with Gasteiger partial charge >= 0.3 is 0 Å². The van der Waals surface area contributed by atoms with Gasteiger partial charge in [-0.2, -0.15) is 0 Å².